The van der Waals surface area contributed by atoms with Gasteiger partial charge in [0.15, 0.2) is 0 Å². The summed E-state index contributed by atoms with van der Waals surface area (Å²) < 4.78 is 11.3. The zero-order valence-electron chi connectivity index (χ0n) is 8.54. The van der Waals surface area contributed by atoms with Gasteiger partial charge in [-0.3, -0.25) is 0 Å². The van der Waals surface area contributed by atoms with Crippen molar-refractivity contribution in [1.29, 1.82) is 0 Å². The molecule has 0 amide bonds. The molecule has 2 aromatic rings. The Bertz CT molecular complexity index is 498. The average Bonchev–Trinajstić information content (AvgIpc) is 2.63. The Morgan fingerprint density at radius 2 is 2.25 bits per heavy atom. The zero-order valence-corrected chi connectivity index (χ0v) is 10.9. The highest BCUT2D eigenvalue weighted by Gasteiger charge is 2.04. The summed E-state index contributed by atoms with van der Waals surface area (Å²) in [5.41, 5.74) is 0.763. The van der Waals surface area contributed by atoms with E-state index in [-0.39, 0.29) is 0 Å². The largest absolute Gasteiger partial charge is 0.486 e. The van der Waals surface area contributed by atoms with E-state index in [0.29, 0.717) is 11.6 Å². The van der Waals surface area contributed by atoms with Crippen molar-refractivity contribution in [2.24, 2.45) is 0 Å². The molecule has 1 aromatic carbocycles. The van der Waals surface area contributed by atoms with E-state index in [4.69, 9.17) is 20.9 Å². The smallest absolute Gasteiger partial charge is 0.134 e. The average molecular weight is 303 g/mol. The van der Waals surface area contributed by atoms with Gasteiger partial charge in [0.05, 0.1) is 4.47 Å². The molecule has 0 unspecified atom stereocenters. The highest BCUT2D eigenvalue weighted by Crippen LogP contribution is 2.28. The maximum Gasteiger partial charge on any atom is 0.134 e. The van der Waals surface area contributed by atoms with E-state index < -0.39 is 0 Å². The van der Waals surface area contributed by atoms with Crippen molar-refractivity contribution in [3.05, 3.63) is 45.2 Å². The molecular weight excluding hydrogens is 293 g/mol. The van der Waals surface area contributed by atoms with Gasteiger partial charge in [-0.25, -0.2) is 0 Å². The van der Waals surface area contributed by atoms with Crippen LogP contribution in [0.5, 0.6) is 5.75 Å². The zero-order chi connectivity index (χ0) is 11.5. The Morgan fingerprint density at radius 3 is 2.88 bits per heavy atom. The molecule has 5 heteroatoms. The summed E-state index contributed by atoms with van der Waals surface area (Å²) in [5, 5.41) is 4.50. The fourth-order valence-corrected chi connectivity index (χ4v) is 2.03. The van der Waals surface area contributed by atoms with Crippen molar-refractivity contribution in [3.8, 4) is 5.75 Å². The quantitative estimate of drug-likeness (QED) is 0.860. The number of rotatable bonds is 3. The van der Waals surface area contributed by atoms with Crippen LogP contribution in [0.2, 0.25) is 5.02 Å². The monoisotopic (exact) mass is 301 g/mol. The van der Waals surface area contributed by atoms with Gasteiger partial charge in [-0.15, -0.1) is 0 Å². The third-order valence-electron chi connectivity index (χ3n) is 1.95. The van der Waals surface area contributed by atoms with Crippen LogP contribution >= 0.6 is 27.5 Å². The number of ether oxygens (including phenoxy) is 1. The Morgan fingerprint density at radius 1 is 1.44 bits per heavy atom. The molecule has 0 atom stereocenters. The van der Waals surface area contributed by atoms with Crippen LogP contribution in [0.1, 0.15) is 11.5 Å². The lowest BCUT2D eigenvalue weighted by molar-refractivity contribution is 0.286. The molecule has 84 valence electrons. The lowest BCUT2D eigenvalue weighted by Crippen LogP contribution is -1.95. The van der Waals surface area contributed by atoms with Gasteiger partial charge in [0.2, 0.25) is 0 Å². The molecule has 0 radical (unpaired) electrons. The highest BCUT2D eigenvalue weighted by atomic mass is 79.9. The summed E-state index contributed by atoms with van der Waals surface area (Å²) >= 11 is 9.20. The molecule has 0 spiro atoms. The number of hydrogen-bond donors (Lipinski definition) is 0. The number of benzene rings is 1. The van der Waals surface area contributed by atoms with Crippen molar-refractivity contribution in [1.82, 2.24) is 5.16 Å². The number of nitrogens with zero attached hydrogens (tertiary/aromatic N) is 1. The summed E-state index contributed by atoms with van der Waals surface area (Å²) in [6.07, 6.45) is 0. The minimum atomic E-state index is 0.373. The first-order chi connectivity index (χ1) is 7.65. The lowest BCUT2D eigenvalue weighted by atomic mass is 10.3. The molecule has 1 aromatic heterocycles. The topological polar surface area (TPSA) is 35.3 Å². The van der Waals surface area contributed by atoms with E-state index in [1.165, 1.54) is 0 Å². The first-order valence-electron chi connectivity index (χ1n) is 4.65. The van der Waals surface area contributed by atoms with Crippen molar-refractivity contribution >= 4 is 27.5 Å². The van der Waals surface area contributed by atoms with Crippen LogP contribution < -0.4 is 4.74 Å². The number of halogens is 2. The maximum atomic E-state index is 5.82. The SMILES string of the molecule is Cc1cc(COc2ccc(Cl)cc2Br)no1. The second-order valence-corrected chi connectivity index (χ2v) is 4.58. The summed E-state index contributed by atoms with van der Waals surface area (Å²) in [6.45, 7) is 2.21. The minimum absolute atomic E-state index is 0.373. The molecule has 3 nitrogen and oxygen atoms in total. The Kier molecular flexibility index (Phi) is 3.51. The Hall–Kier alpha value is -1.00. The third kappa shape index (κ3) is 2.77. The van der Waals surface area contributed by atoms with Crippen LogP contribution in [0.4, 0.5) is 0 Å². The van der Waals surface area contributed by atoms with Gasteiger partial charge >= 0.3 is 0 Å². The molecule has 0 fully saturated rings. The van der Waals surface area contributed by atoms with Gasteiger partial charge < -0.3 is 9.26 Å². The Balaban J connectivity index is 2.04. The van der Waals surface area contributed by atoms with Crippen LogP contribution in [0.25, 0.3) is 0 Å². The van der Waals surface area contributed by atoms with E-state index in [1.807, 2.05) is 13.0 Å². The standard InChI is InChI=1S/C11H9BrClNO2/c1-7-4-9(14-16-7)6-15-11-3-2-8(13)5-10(11)12/h2-5H,6H2,1H3. The fraction of sp³-hybridized carbons (Fsp3) is 0.182. The van der Waals surface area contributed by atoms with Gasteiger partial charge in [-0.05, 0) is 41.1 Å². The van der Waals surface area contributed by atoms with Gasteiger partial charge in [0.1, 0.15) is 23.8 Å². The molecule has 0 saturated carbocycles. The summed E-state index contributed by atoms with van der Waals surface area (Å²) in [5.74, 6) is 1.50. The first-order valence-corrected chi connectivity index (χ1v) is 5.82. The summed E-state index contributed by atoms with van der Waals surface area (Å²) in [6, 6.07) is 7.20. The van der Waals surface area contributed by atoms with Crippen LogP contribution in [0, 0.1) is 6.92 Å². The van der Waals surface area contributed by atoms with E-state index in [9.17, 15) is 0 Å². The molecule has 2 rings (SSSR count). The van der Waals surface area contributed by atoms with E-state index >= 15 is 0 Å². The molecule has 0 aliphatic heterocycles. The normalized spacial score (nSPS) is 10.4. The predicted molar refractivity (Wildman–Crippen MR) is 64.7 cm³/mol. The van der Waals surface area contributed by atoms with Crippen molar-refractivity contribution in [2.45, 2.75) is 13.5 Å². The van der Waals surface area contributed by atoms with Crippen LogP contribution in [0.15, 0.2) is 33.3 Å². The van der Waals surface area contributed by atoms with E-state index in [1.54, 1.807) is 18.2 Å². The maximum absolute atomic E-state index is 5.82. The number of hydrogen-bond acceptors (Lipinski definition) is 3. The molecule has 0 aliphatic carbocycles. The number of aryl methyl sites for hydroxylation is 1. The first kappa shape index (κ1) is 11.5. The minimum Gasteiger partial charge on any atom is -0.486 e. The van der Waals surface area contributed by atoms with Crippen molar-refractivity contribution in [3.63, 3.8) is 0 Å². The van der Waals surface area contributed by atoms with Crippen LogP contribution in [0.3, 0.4) is 0 Å². The van der Waals surface area contributed by atoms with E-state index in [2.05, 4.69) is 21.1 Å². The molecular formula is C11H9BrClNO2. The van der Waals surface area contributed by atoms with E-state index in [0.717, 1.165) is 21.7 Å². The molecule has 1 heterocycles. The molecule has 0 aliphatic rings. The lowest BCUT2D eigenvalue weighted by Gasteiger charge is -2.06. The molecule has 0 N–H and O–H groups in total. The predicted octanol–water partition coefficient (Wildman–Crippen LogP) is 3.98. The highest BCUT2D eigenvalue weighted by molar-refractivity contribution is 9.10. The summed E-state index contributed by atoms with van der Waals surface area (Å²) in [4.78, 5) is 0. The van der Waals surface area contributed by atoms with Crippen LogP contribution in [-0.4, -0.2) is 5.16 Å². The van der Waals surface area contributed by atoms with Gasteiger partial charge in [0.25, 0.3) is 0 Å². The molecule has 0 bridgehead atoms. The second-order valence-electron chi connectivity index (χ2n) is 3.29. The molecule has 16 heavy (non-hydrogen) atoms. The van der Waals surface area contributed by atoms with Crippen molar-refractivity contribution in [2.75, 3.05) is 0 Å². The van der Waals surface area contributed by atoms with Crippen molar-refractivity contribution < 1.29 is 9.26 Å². The Labute approximate surface area is 106 Å². The number of aromatic nitrogens is 1. The van der Waals surface area contributed by atoms with Gasteiger partial charge in [0, 0.05) is 11.1 Å². The van der Waals surface area contributed by atoms with Gasteiger partial charge in [-0.1, -0.05) is 16.8 Å². The van der Waals surface area contributed by atoms with Crippen LogP contribution in [-0.2, 0) is 6.61 Å². The second kappa shape index (κ2) is 4.89. The third-order valence-corrected chi connectivity index (χ3v) is 2.80. The summed E-state index contributed by atoms with van der Waals surface area (Å²) in [7, 11) is 0. The molecule has 0 saturated heterocycles. The van der Waals surface area contributed by atoms with Gasteiger partial charge in [-0.2, -0.15) is 0 Å². The fourth-order valence-electron chi connectivity index (χ4n) is 1.23.